The number of thiazole rings is 1. The van der Waals surface area contributed by atoms with E-state index in [2.05, 4.69) is 26.7 Å². The summed E-state index contributed by atoms with van der Waals surface area (Å²) in [7, 11) is 1.52. The van der Waals surface area contributed by atoms with Gasteiger partial charge in [-0.1, -0.05) is 6.07 Å². The van der Waals surface area contributed by atoms with Crippen molar-refractivity contribution in [2.24, 2.45) is 0 Å². The summed E-state index contributed by atoms with van der Waals surface area (Å²) in [5.41, 5.74) is 2.07. The van der Waals surface area contributed by atoms with Crippen LogP contribution in [0.3, 0.4) is 0 Å². The van der Waals surface area contributed by atoms with Crippen molar-refractivity contribution in [3.05, 3.63) is 59.2 Å². The van der Waals surface area contributed by atoms with Gasteiger partial charge < -0.3 is 19.5 Å². The summed E-state index contributed by atoms with van der Waals surface area (Å²) in [5.74, 6) is 0.0112. The lowest BCUT2D eigenvalue weighted by molar-refractivity contribution is 0.0696. The van der Waals surface area contributed by atoms with Gasteiger partial charge in [0.25, 0.3) is 0 Å². The van der Waals surface area contributed by atoms with Gasteiger partial charge >= 0.3 is 5.97 Å². The minimum absolute atomic E-state index is 0.187. The summed E-state index contributed by atoms with van der Waals surface area (Å²) in [6.45, 7) is 1.94. The molecule has 0 bridgehead atoms. The van der Waals surface area contributed by atoms with Crippen molar-refractivity contribution >= 4 is 40.1 Å². The van der Waals surface area contributed by atoms with Gasteiger partial charge in [0, 0.05) is 48.2 Å². The molecule has 0 saturated carbocycles. The SMILES string of the molecule is COc1cc(C(=O)O)ccc1NSc1csc(N2CCC(c3ccccn3)CC2)n1. The second kappa shape index (κ2) is 9.36. The van der Waals surface area contributed by atoms with Crippen LogP contribution in [0.5, 0.6) is 5.75 Å². The third kappa shape index (κ3) is 4.68. The minimum Gasteiger partial charge on any atom is -0.495 e. The molecule has 3 heterocycles. The van der Waals surface area contributed by atoms with E-state index in [0.717, 1.165) is 36.1 Å². The number of carboxylic acids is 1. The number of aromatic nitrogens is 2. The Kier molecular flexibility index (Phi) is 6.39. The van der Waals surface area contributed by atoms with E-state index in [1.807, 2.05) is 17.6 Å². The van der Waals surface area contributed by atoms with Crippen LogP contribution in [0.1, 0.15) is 34.8 Å². The fourth-order valence-electron chi connectivity index (χ4n) is 3.44. The first-order chi connectivity index (χ1) is 14.6. The third-order valence-corrected chi connectivity index (χ3v) is 6.85. The molecule has 2 aromatic heterocycles. The monoisotopic (exact) mass is 442 g/mol. The highest BCUT2D eigenvalue weighted by atomic mass is 32.2. The molecule has 9 heteroatoms. The van der Waals surface area contributed by atoms with Crippen molar-refractivity contribution in [2.75, 3.05) is 29.8 Å². The van der Waals surface area contributed by atoms with Gasteiger partial charge in [0.15, 0.2) is 5.13 Å². The number of ether oxygens (including phenoxy) is 1. The lowest BCUT2D eigenvalue weighted by Crippen LogP contribution is -2.33. The molecule has 1 aliphatic rings. The predicted octanol–water partition coefficient (Wildman–Crippen LogP) is 4.75. The Morgan fingerprint density at radius 1 is 1.30 bits per heavy atom. The van der Waals surface area contributed by atoms with Crippen molar-refractivity contribution in [1.29, 1.82) is 0 Å². The Morgan fingerprint density at radius 3 is 2.83 bits per heavy atom. The van der Waals surface area contributed by atoms with Gasteiger partial charge in [0.2, 0.25) is 0 Å². The van der Waals surface area contributed by atoms with E-state index in [4.69, 9.17) is 14.8 Å². The summed E-state index contributed by atoms with van der Waals surface area (Å²) >= 11 is 3.02. The van der Waals surface area contributed by atoms with Crippen molar-refractivity contribution < 1.29 is 14.6 Å². The number of hydrogen-bond acceptors (Lipinski definition) is 8. The first-order valence-corrected chi connectivity index (χ1v) is 11.3. The summed E-state index contributed by atoms with van der Waals surface area (Å²) in [6, 6.07) is 10.9. The van der Waals surface area contributed by atoms with Crippen LogP contribution in [-0.4, -0.2) is 41.2 Å². The number of carbonyl (C=O) groups is 1. The first kappa shape index (κ1) is 20.5. The van der Waals surface area contributed by atoms with Crippen LogP contribution in [0.4, 0.5) is 10.8 Å². The Balaban J connectivity index is 1.34. The fraction of sp³-hybridized carbons (Fsp3) is 0.286. The second-order valence-electron chi connectivity index (χ2n) is 6.91. The van der Waals surface area contributed by atoms with Crippen LogP contribution >= 0.6 is 23.3 Å². The average Bonchev–Trinajstić information content (AvgIpc) is 3.27. The largest absolute Gasteiger partial charge is 0.495 e. The van der Waals surface area contributed by atoms with Gasteiger partial charge in [-0.15, -0.1) is 11.3 Å². The van der Waals surface area contributed by atoms with Gasteiger partial charge in [-0.05, 0) is 43.2 Å². The number of piperidine rings is 1. The molecule has 1 aromatic carbocycles. The van der Waals surface area contributed by atoms with Gasteiger partial charge in [-0.25, -0.2) is 9.78 Å². The predicted molar refractivity (Wildman–Crippen MR) is 120 cm³/mol. The van der Waals surface area contributed by atoms with Crippen LogP contribution < -0.4 is 14.4 Å². The summed E-state index contributed by atoms with van der Waals surface area (Å²) in [6.07, 6.45) is 4.01. The second-order valence-corrected chi connectivity index (χ2v) is 8.57. The number of nitrogens with zero attached hydrogens (tertiary/aromatic N) is 3. The Morgan fingerprint density at radius 2 is 2.13 bits per heavy atom. The highest BCUT2D eigenvalue weighted by Crippen LogP contribution is 2.34. The number of hydrogen-bond donors (Lipinski definition) is 2. The molecule has 30 heavy (non-hydrogen) atoms. The normalized spacial score (nSPS) is 14.5. The minimum atomic E-state index is -0.983. The molecular weight excluding hydrogens is 420 g/mol. The van der Waals surface area contributed by atoms with Crippen molar-refractivity contribution in [3.63, 3.8) is 0 Å². The van der Waals surface area contributed by atoms with E-state index >= 15 is 0 Å². The molecule has 156 valence electrons. The molecule has 3 aromatic rings. The fourth-order valence-corrected chi connectivity index (χ4v) is 5.09. The molecule has 0 spiro atoms. The molecule has 1 saturated heterocycles. The van der Waals surface area contributed by atoms with Gasteiger partial charge in [-0.2, -0.15) is 0 Å². The summed E-state index contributed by atoms with van der Waals surface area (Å²) < 4.78 is 8.51. The zero-order valence-corrected chi connectivity index (χ0v) is 18.1. The number of anilines is 2. The third-order valence-electron chi connectivity index (χ3n) is 5.06. The van der Waals surface area contributed by atoms with Crippen LogP contribution in [0, 0.1) is 0 Å². The van der Waals surface area contributed by atoms with Crippen molar-refractivity contribution in [2.45, 2.75) is 23.8 Å². The number of carboxylic acid groups (broad SMARTS) is 1. The number of aromatic carboxylic acids is 1. The molecule has 0 unspecified atom stereocenters. The van der Waals surface area contributed by atoms with E-state index in [-0.39, 0.29) is 5.56 Å². The number of benzene rings is 1. The van der Waals surface area contributed by atoms with E-state index in [1.54, 1.807) is 23.5 Å². The summed E-state index contributed by atoms with van der Waals surface area (Å²) in [4.78, 5) is 22.7. The average molecular weight is 443 g/mol. The van der Waals surface area contributed by atoms with Crippen molar-refractivity contribution in [1.82, 2.24) is 9.97 Å². The smallest absolute Gasteiger partial charge is 0.335 e. The molecule has 7 nitrogen and oxygen atoms in total. The Labute approximate surface area is 183 Å². The van der Waals surface area contributed by atoms with E-state index < -0.39 is 5.97 Å². The number of methoxy groups -OCH3 is 1. The molecule has 0 aliphatic carbocycles. The topological polar surface area (TPSA) is 87.6 Å². The number of nitrogens with one attached hydrogen (secondary N) is 1. The molecular formula is C21H22N4O3S2. The maximum atomic E-state index is 11.1. The number of pyridine rings is 1. The Hall–Kier alpha value is -2.78. The molecule has 4 rings (SSSR count). The molecule has 1 aliphatic heterocycles. The van der Waals surface area contributed by atoms with Crippen LogP contribution in [0.25, 0.3) is 0 Å². The highest BCUT2D eigenvalue weighted by molar-refractivity contribution is 8.00. The standard InChI is InChI=1S/C21H22N4O3S2/c1-28-18-12-15(20(26)27)5-6-17(18)24-30-19-13-29-21(23-19)25-10-7-14(8-11-25)16-4-2-3-9-22-16/h2-6,9,12-14,24H,7-8,10-11H2,1H3,(H,26,27). The molecule has 0 radical (unpaired) electrons. The summed E-state index contributed by atoms with van der Waals surface area (Å²) in [5, 5.41) is 13.0. The van der Waals surface area contributed by atoms with Crippen molar-refractivity contribution in [3.8, 4) is 5.75 Å². The zero-order chi connectivity index (χ0) is 20.9. The van der Waals surface area contributed by atoms with E-state index in [0.29, 0.717) is 17.4 Å². The lowest BCUT2D eigenvalue weighted by atomic mass is 9.93. The Bertz CT molecular complexity index is 1000. The van der Waals surface area contributed by atoms with E-state index in [9.17, 15) is 4.79 Å². The number of rotatable bonds is 7. The molecule has 0 atom stereocenters. The first-order valence-electron chi connectivity index (χ1n) is 9.59. The zero-order valence-electron chi connectivity index (χ0n) is 16.4. The highest BCUT2D eigenvalue weighted by Gasteiger charge is 2.23. The maximum Gasteiger partial charge on any atom is 0.335 e. The maximum absolute atomic E-state index is 11.1. The lowest BCUT2D eigenvalue weighted by Gasteiger charge is -2.31. The van der Waals surface area contributed by atoms with Gasteiger partial charge in [-0.3, -0.25) is 4.98 Å². The van der Waals surface area contributed by atoms with Crippen LogP contribution in [-0.2, 0) is 0 Å². The molecule has 2 N–H and O–H groups in total. The molecule has 1 fully saturated rings. The van der Waals surface area contributed by atoms with Crippen LogP contribution in [0.15, 0.2) is 53.0 Å². The van der Waals surface area contributed by atoms with Gasteiger partial charge in [0.1, 0.15) is 10.8 Å². The quantitative estimate of drug-likeness (QED) is 0.507. The molecule has 0 amide bonds. The van der Waals surface area contributed by atoms with E-state index in [1.165, 1.54) is 30.8 Å². The van der Waals surface area contributed by atoms with Crippen LogP contribution in [0.2, 0.25) is 0 Å². The van der Waals surface area contributed by atoms with Gasteiger partial charge in [0.05, 0.1) is 18.4 Å².